The molecule has 0 saturated heterocycles. The van der Waals surface area contributed by atoms with E-state index in [4.69, 9.17) is 0 Å². The molecule has 0 unspecified atom stereocenters. The Bertz CT molecular complexity index is 299. The van der Waals surface area contributed by atoms with Gasteiger partial charge in [-0.1, -0.05) is 19.1 Å². The first-order valence-electron chi connectivity index (χ1n) is 5.66. The number of ketones is 1. The van der Waals surface area contributed by atoms with Crippen LogP contribution in [0.15, 0.2) is 25.3 Å². The van der Waals surface area contributed by atoms with Crippen LogP contribution in [0.2, 0.25) is 0 Å². The van der Waals surface area contributed by atoms with Crippen molar-refractivity contribution in [1.82, 2.24) is 4.90 Å². The van der Waals surface area contributed by atoms with Crippen LogP contribution in [-0.2, 0) is 9.59 Å². The molecule has 0 N–H and O–H groups in total. The summed E-state index contributed by atoms with van der Waals surface area (Å²) in [6.07, 6.45) is 4.85. The van der Waals surface area contributed by atoms with E-state index in [2.05, 4.69) is 13.2 Å². The maximum absolute atomic E-state index is 12.1. The number of hydrogen-bond donors (Lipinski definition) is 0. The number of rotatable bonds is 5. The standard InChI is InChI=1S/C13H19NO2/c1-4-8-14(9-5-2)13(16)11-7-6-10(3)12(11)15/h4-5,10-11H,1-2,6-9H2,3H3/t10-,11-/m1/s1. The Morgan fingerprint density at radius 2 is 1.94 bits per heavy atom. The van der Waals surface area contributed by atoms with Crippen molar-refractivity contribution in [2.24, 2.45) is 11.8 Å². The molecular weight excluding hydrogens is 202 g/mol. The molecule has 3 nitrogen and oxygen atoms in total. The minimum Gasteiger partial charge on any atom is -0.335 e. The highest BCUT2D eigenvalue weighted by Crippen LogP contribution is 2.28. The molecule has 0 spiro atoms. The van der Waals surface area contributed by atoms with Crippen molar-refractivity contribution in [3.05, 3.63) is 25.3 Å². The van der Waals surface area contributed by atoms with Gasteiger partial charge < -0.3 is 4.90 Å². The van der Waals surface area contributed by atoms with Gasteiger partial charge in [0, 0.05) is 19.0 Å². The zero-order valence-corrected chi connectivity index (χ0v) is 9.82. The molecule has 0 aromatic heterocycles. The highest BCUT2D eigenvalue weighted by atomic mass is 16.2. The van der Waals surface area contributed by atoms with Crippen LogP contribution in [0, 0.1) is 11.8 Å². The number of amides is 1. The first-order valence-corrected chi connectivity index (χ1v) is 5.66. The molecule has 0 aliphatic heterocycles. The summed E-state index contributed by atoms with van der Waals surface area (Å²) in [5, 5.41) is 0. The van der Waals surface area contributed by atoms with Crippen LogP contribution in [0.1, 0.15) is 19.8 Å². The molecule has 16 heavy (non-hydrogen) atoms. The van der Waals surface area contributed by atoms with E-state index < -0.39 is 5.92 Å². The molecular formula is C13H19NO2. The fourth-order valence-electron chi connectivity index (χ4n) is 2.08. The zero-order chi connectivity index (χ0) is 12.1. The molecule has 1 amide bonds. The van der Waals surface area contributed by atoms with Crippen LogP contribution < -0.4 is 0 Å². The van der Waals surface area contributed by atoms with Crippen LogP contribution in [-0.4, -0.2) is 29.7 Å². The van der Waals surface area contributed by atoms with Gasteiger partial charge in [-0.3, -0.25) is 9.59 Å². The summed E-state index contributed by atoms with van der Waals surface area (Å²) in [5.74, 6) is -0.393. The second kappa shape index (κ2) is 5.64. The van der Waals surface area contributed by atoms with E-state index >= 15 is 0 Å². The van der Waals surface area contributed by atoms with Crippen LogP contribution >= 0.6 is 0 Å². The van der Waals surface area contributed by atoms with Crippen molar-refractivity contribution < 1.29 is 9.59 Å². The summed E-state index contributed by atoms with van der Waals surface area (Å²) in [6.45, 7) is 10.1. The number of carbonyl (C=O) groups excluding carboxylic acids is 2. The van der Waals surface area contributed by atoms with Gasteiger partial charge in [-0.05, 0) is 12.8 Å². The molecule has 1 fully saturated rings. The number of hydrogen-bond acceptors (Lipinski definition) is 2. The van der Waals surface area contributed by atoms with Gasteiger partial charge in [0.2, 0.25) is 5.91 Å². The predicted octanol–water partition coefficient (Wildman–Crippen LogP) is 1.80. The Labute approximate surface area is 96.8 Å². The smallest absolute Gasteiger partial charge is 0.233 e. The Hall–Kier alpha value is -1.38. The lowest BCUT2D eigenvalue weighted by molar-refractivity contribution is -0.139. The highest BCUT2D eigenvalue weighted by Gasteiger charge is 2.37. The van der Waals surface area contributed by atoms with Crippen molar-refractivity contribution in [3.63, 3.8) is 0 Å². The van der Waals surface area contributed by atoms with Gasteiger partial charge in [-0.15, -0.1) is 13.2 Å². The minimum absolute atomic E-state index is 0.0308. The molecule has 1 aliphatic carbocycles. The molecule has 2 atom stereocenters. The quantitative estimate of drug-likeness (QED) is 0.524. The molecule has 1 aliphatic rings. The van der Waals surface area contributed by atoms with Gasteiger partial charge in [0.15, 0.2) is 0 Å². The molecule has 1 rings (SSSR count). The molecule has 0 bridgehead atoms. The van der Waals surface area contributed by atoms with Gasteiger partial charge in [0.25, 0.3) is 0 Å². The Balaban J connectivity index is 2.70. The molecule has 0 heterocycles. The molecule has 3 heteroatoms. The number of nitrogens with zero attached hydrogens (tertiary/aromatic N) is 1. The van der Waals surface area contributed by atoms with Gasteiger partial charge in [-0.25, -0.2) is 0 Å². The summed E-state index contributed by atoms with van der Waals surface area (Å²) in [6, 6.07) is 0. The molecule has 88 valence electrons. The summed E-state index contributed by atoms with van der Waals surface area (Å²) in [7, 11) is 0. The fraction of sp³-hybridized carbons (Fsp3) is 0.538. The Morgan fingerprint density at radius 3 is 2.31 bits per heavy atom. The third-order valence-electron chi connectivity index (χ3n) is 3.03. The zero-order valence-electron chi connectivity index (χ0n) is 9.82. The second-order valence-corrected chi connectivity index (χ2v) is 4.25. The summed E-state index contributed by atoms with van der Waals surface area (Å²) in [4.78, 5) is 25.5. The molecule has 1 saturated carbocycles. The first-order chi connectivity index (χ1) is 7.61. The average Bonchev–Trinajstić information content (AvgIpc) is 2.59. The number of Topliss-reactive ketones (excluding diaryl/α,β-unsaturated/α-hetero) is 1. The molecule has 0 radical (unpaired) electrons. The second-order valence-electron chi connectivity index (χ2n) is 4.25. The summed E-state index contributed by atoms with van der Waals surface area (Å²) >= 11 is 0. The monoisotopic (exact) mass is 221 g/mol. The summed E-state index contributed by atoms with van der Waals surface area (Å²) in [5.41, 5.74) is 0. The maximum atomic E-state index is 12.1. The lowest BCUT2D eigenvalue weighted by Crippen LogP contribution is -2.38. The summed E-state index contributed by atoms with van der Waals surface area (Å²) < 4.78 is 0. The van der Waals surface area contributed by atoms with Gasteiger partial charge in [0.1, 0.15) is 5.78 Å². The van der Waals surface area contributed by atoms with Crippen molar-refractivity contribution in [2.45, 2.75) is 19.8 Å². The van der Waals surface area contributed by atoms with Crippen LogP contribution in [0.3, 0.4) is 0 Å². The SMILES string of the molecule is C=CCN(CC=C)C(=O)[C@@H]1CC[C@@H](C)C1=O. The minimum atomic E-state index is -0.435. The van der Waals surface area contributed by atoms with Crippen molar-refractivity contribution >= 4 is 11.7 Å². The van der Waals surface area contributed by atoms with Crippen molar-refractivity contribution in [1.29, 1.82) is 0 Å². The first kappa shape index (κ1) is 12.7. The topological polar surface area (TPSA) is 37.4 Å². The van der Waals surface area contributed by atoms with Crippen LogP contribution in [0.25, 0.3) is 0 Å². The van der Waals surface area contributed by atoms with E-state index in [0.29, 0.717) is 19.5 Å². The van der Waals surface area contributed by atoms with E-state index in [0.717, 1.165) is 6.42 Å². The normalized spacial score (nSPS) is 24.2. The molecule has 0 aromatic carbocycles. The van der Waals surface area contributed by atoms with E-state index in [-0.39, 0.29) is 17.6 Å². The maximum Gasteiger partial charge on any atom is 0.233 e. The Morgan fingerprint density at radius 1 is 1.38 bits per heavy atom. The molecule has 0 aromatic rings. The van der Waals surface area contributed by atoms with Gasteiger partial charge >= 0.3 is 0 Å². The average molecular weight is 221 g/mol. The number of carbonyl (C=O) groups is 2. The van der Waals surface area contributed by atoms with Gasteiger partial charge in [-0.2, -0.15) is 0 Å². The van der Waals surface area contributed by atoms with Crippen molar-refractivity contribution in [2.75, 3.05) is 13.1 Å². The van der Waals surface area contributed by atoms with Crippen molar-refractivity contribution in [3.8, 4) is 0 Å². The highest BCUT2D eigenvalue weighted by molar-refractivity contribution is 6.03. The lowest BCUT2D eigenvalue weighted by Gasteiger charge is -2.22. The third kappa shape index (κ3) is 2.60. The van der Waals surface area contributed by atoms with E-state index in [1.54, 1.807) is 17.1 Å². The largest absolute Gasteiger partial charge is 0.335 e. The van der Waals surface area contributed by atoms with Crippen LogP contribution in [0.5, 0.6) is 0 Å². The Kier molecular flexibility index (Phi) is 4.47. The van der Waals surface area contributed by atoms with Gasteiger partial charge in [0.05, 0.1) is 5.92 Å². The van der Waals surface area contributed by atoms with Crippen LogP contribution in [0.4, 0.5) is 0 Å². The van der Waals surface area contributed by atoms with E-state index in [1.165, 1.54) is 0 Å². The van der Waals surface area contributed by atoms with E-state index in [9.17, 15) is 9.59 Å². The predicted molar refractivity (Wildman–Crippen MR) is 63.9 cm³/mol. The van der Waals surface area contributed by atoms with E-state index in [1.807, 2.05) is 6.92 Å². The third-order valence-corrected chi connectivity index (χ3v) is 3.03. The fourth-order valence-corrected chi connectivity index (χ4v) is 2.08. The lowest BCUT2D eigenvalue weighted by atomic mass is 10.0.